The first kappa shape index (κ1) is 23.1. The van der Waals surface area contributed by atoms with Crippen molar-refractivity contribution in [2.75, 3.05) is 0 Å². The second kappa shape index (κ2) is 10.6. The van der Waals surface area contributed by atoms with E-state index in [1.54, 1.807) is 23.5 Å². The third-order valence-electron chi connectivity index (χ3n) is 4.79. The molecule has 1 aliphatic rings. The molecule has 0 radical (unpaired) electrons. The molecule has 1 nitrogen and oxygen atoms in total. The van der Waals surface area contributed by atoms with Crippen LogP contribution in [0.1, 0.15) is 30.5 Å². The molecule has 0 aromatic heterocycles. The van der Waals surface area contributed by atoms with Crippen LogP contribution in [0.5, 0.6) is 0 Å². The lowest BCUT2D eigenvalue weighted by Gasteiger charge is -2.13. The molecular weight excluding hydrogens is 414 g/mol. The zero-order valence-electron chi connectivity index (χ0n) is 18.7. The first-order chi connectivity index (χ1) is 14.8. The highest BCUT2D eigenvalue weighted by molar-refractivity contribution is 8.11. The summed E-state index contributed by atoms with van der Waals surface area (Å²) in [7, 11) is 0. The SMILES string of the molecule is C=C(C)SC1=C(C)NC(c2ccc3ccccc3c2)=CSC1=C.Cc1ccc(C)cc1. The van der Waals surface area contributed by atoms with Crippen molar-refractivity contribution in [3.8, 4) is 0 Å². The topological polar surface area (TPSA) is 12.0 Å². The molecule has 0 saturated heterocycles. The minimum atomic E-state index is 1.05. The molecule has 0 unspecified atom stereocenters. The highest BCUT2D eigenvalue weighted by atomic mass is 32.2. The fourth-order valence-corrected chi connectivity index (χ4v) is 4.77. The van der Waals surface area contributed by atoms with E-state index in [2.05, 4.69) is 111 Å². The number of hydrogen-bond acceptors (Lipinski definition) is 3. The highest BCUT2D eigenvalue weighted by Crippen LogP contribution is 2.40. The van der Waals surface area contributed by atoms with Crippen molar-refractivity contribution in [3.05, 3.63) is 122 Å². The molecule has 0 saturated carbocycles. The Hall–Kier alpha value is -2.62. The van der Waals surface area contributed by atoms with E-state index >= 15 is 0 Å². The van der Waals surface area contributed by atoms with E-state index in [9.17, 15) is 0 Å². The van der Waals surface area contributed by atoms with E-state index < -0.39 is 0 Å². The van der Waals surface area contributed by atoms with Crippen LogP contribution in [0, 0.1) is 13.8 Å². The summed E-state index contributed by atoms with van der Waals surface area (Å²) < 4.78 is 0. The quantitative estimate of drug-likeness (QED) is 0.434. The molecule has 0 fully saturated rings. The van der Waals surface area contributed by atoms with Crippen molar-refractivity contribution in [1.29, 1.82) is 0 Å². The van der Waals surface area contributed by atoms with Gasteiger partial charge in [-0.1, -0.05) is 108 Å². The Bertz CT molecular complexity index is 1150. The zero-order valence-corrected chi connectivity index (χ0v) is 20.3. The molecule has 0 amide bonds. The number of benzene rings is 3. The van der Waals surface area contributed by atoms with Gasteiger partial charge in [0.1, 0.15) is 0 Å². The molecule has 1 heterocycles. The van der Waals surface area contributed by atoms with Crippen molar-refractivity contribution < 1.29 is 0 Å². The summed E-state index contributed by atoms with van der Waals surface area (Å²) in [6.07, 6.45) is 0. The lowest BCUT2D eigenvalue weighted by Crippen LogP contribution is -2.10. The van der Waals surface area contributed by atoms with E-state index in [1.165, 1.54) is 27.5 Å². The second-order valence-electron chi connectivity index (χ2n) is 7.67. The summed E-state index contributed by atoms with van der Waals surface area (Å²) in [5, 5.41) is 8.19. The number of nitrogens with one attached hydrogen (secondary N) is 1. The van der Waals surface area contributed by atoms with E-state index in [0.717, 1.165) is 26.1 Å². The molecule has 0 atom stereocenters. The Kier molecular flexibility index (Phi) is 7.89. The van der Waals surface area contributed by atoms with Gasteiger partial charge in [-0.25, -0.2) is 0 Å². The average Bonchev–Trinajstić information content (AvgIpc) is 2.89. The first-order valence-corrected chi connectivity index (χ1v) is 11.9. The molecule has 158 valence electrons. The summed E-state index contributed by atoms with van der Waals surface area (Å²) in [6, 6.07) is 23.5. The average molecular weight is 444 g/mol. The van der Waals surface area contributed by atoms with Crippen LogP contribution >= 0.6 is 23.5 Å². The molecular formula is C28H29NS2. The van der Waals surface area contributed by atoms with Gasteiger partial charge in [0.05, 0.1) is 5.70 Å². The van der Waals surface area contributed by atoms with E-state index in [1.807, 2.05) is 6.92 Å². The van der Waals surface area contributed by atoms with Crippen molar-refractivity contribution >= 4 is 40.0 Å². The number of hydrogen-bond donors (Lipinski definition) is 1. The highest BCUT2D eigenvalue weighted by Gasteiger charge is 2.15. The van der Waals surface area contributed by atoms with Gasteiger partial charge in [-0.3, -0.25) is 0 Å². The van der Waals surface area contributed by atoms with Gasteiger partial charge >= 0.3 is 0 Å². The van der Waals surface area contributed by atoms with E-state index in [4.69, 9.17) is 0 Å². The third kappa shape index (κ3) is 6.43. The fourth-order valence-electron chi connectivity index (χ4n) is 3.12. The van der Waals surface area contributed by atoms with Crippen molar-refractivity contribution in [2.45, 2.75) is 27.7 Å². The predicted octanol–water partition coefficient (Wildman–Crippen LogP) is 8.79. The Morgan fingerprint density at radius 1 is 0.871 bits per heavy atom. The number of fused-ring (bicyclic) bond motifs is 1. The van der Waals surface area contributed by atoms with Crippen molar-refractivity contribution in [1.82, 2.24) is 5.32 Å². The first-order valence-electron chi connectivity index (χ1n) is 10.2. The van der Waals surface area contributed by atoms with Crippen LogP contribution in [-0.2, 0) is 0 Å². The van der Waals surface area contributed by atoms with E-state index in [-0.39, 0.29) is 0 Å². The van der Waals surface area contributed by atoms with Crippen LogP contribution in [0.4, 0.5) is 0 Å². The van der Waals surface area contributed by atoms with Gasteiger partial charge in [0.2, 0.25) is 0 Å². The minimum Gasteiger partial charge on any atom is -0.357 e. The molecule has 3 aromatic carbocycles. The molecule has 1 aliphatic heterocycles. The van der Waals surface area contributed by atoms with Crippen molar-refractivity contribution in [2.24, 2.45) is 0 Å². The van der Waals surface area contributed by atoms with Crippen LogP contribution in [-0.4, -0.2) is 0 Å². The largest absolute Gasteiger partial charge is 0.357 e. The molecule has 0 aliphatic carbocycles. The monoisotopic (exact) mass is 443 g/mol. The number of thioether (sulfide) groups is 2. The molecule has 0 bridgehead atoms. The van der Waals surface area contributed by atoms with Crippen LogP contribution in [0.15, 0.2) is 106 Å². The molecule has 3 heteroatoms. The van der Waals surface area contributed by atoms with Crippen LogP contribution < -0.4 is 5.32 Å². The molecule has 0 spiro atoms. The third-order valence-corrected chi connectivity index (χ3v) is 6.87. The predicted molar refractivity (Wildman–Crippen MR) is 143 cm³/mol. The minimum absolute atomic E-state index is 1.05. The van der Waals surface area contributed by atoms with Gasteiger partial charge in [0.25, 0.3) is 0 Å². The van der Waals surface area contributed by atoms with Gasteiger partial charge in [0, 0.05) is 20.9 Å². The molecule has 3 aromatic rings. The summed E-state index contributed by atoms with van der Waals surface area (Å²) in [5.41, 5.74) is 6.07. The van der Waals surface area contributed by atoms with Gasteiger partial charge in [-0.15, -0.1) is 0 Å². The lowest BCUT2D eigenvalue weighted by molar-refractivity contribution is 1.08. The summed E-state index contributed by atoms with van der Waals surface area (Å²) in [5.74, 6) is 0. The number of aryl methyl sites for hydroxylation is 2. The normalized spacial score (nSPS) is 13.7. The van der Waals surface area contributed by atoms with Crippen LogP contribution in [0.25, 0.3) is 16.5 Å². The smallest absolute Gasteiger partial charge is 0.0523 e. The van der Waals surface area contributed by atoms with Crippen molar-refractivity contribution in [3.63, 3.8) is 0 Å². The molecule has 4 rings (SSSR count). The van der Waals surface area contributed by atoms with Gasteiger partial charge in [-0.05, 0) is 55.0 Å². The Labute approximate surface area is 195 Å². The summed E-state index contributed by atoms with van der Waals surface area (Å²) >= 11 is 3.34. The van der Waals surface area contributed by atoms with Gasteiger partial charge < -0.3 is 5.32 Å². The molecule has 1 N–H and O–H groups in total. The zero-order chi connectivity index (χ0) is 22.4. The maximum Gasteiger partial charge on any atom is 0.0523 e. The van der Waals surface area contributed by atoms with Crippen LogP contribution in [0.3, 0.4) is 0 Å². The standard InChI is InChI=1S/C20H19NS2.C8H10/c1-13(2)23-20-14(3)21-19(12-22-15(20)4)18-10-9-16-7-5-6-8-17(16)11-18;1-7-3-5-8(2)6-4-7/h5-12,21H,1,4H2,2-3H3;3-6H,1-2H3. The maximum atomic E-state index is 4.20. The van der Waals surface area contributed by atoms with Crippen LogP contribution in [0.2, 0.25) is 0 Å². The maximum absolute atomic E-state index is 4.20. The Morgan fingerprint density at radius 3 is 2.10 bits per heavy atom. The Morgan fingerprint density at radius 2 is 1.48 bits per heavy atom. The van der Waals surface area contributed by atoms with Gasteiger partial charge in [0.15, 0.2) is 0 Å². The summed E-state index contributed by atoms with van der Waals surface area (Å²) in [6.45, 7) is 16.5. The number of rotatable bonds is 3. The fraction of sp³-hybridized carbons (Fsp3) is 0.143. The lowest BCUT2D eigenvalue weighted by atomic mass is 10.1. The number of allylic oxidation sites excluding steroid dienone is 2. The summed E-state index contributed by atoms with van der Waals surface area (Å²) in [4.78, 5) is 3.28. The second-order valence-corrected chi connectivity index (χ2v) is 9.95. The van der Waals surface area contributed by atoms with E-state index in [0.29, 0.717) is 0 Å². The molecule has 31 heavy (non-hydrogen) atoms. The Balaban J connectivity index is 0.000000287. The van der Waals surface area contributed by atoms with Gasteiger partial charge in [-0.2, -0.15) is 0 Å².